The third-order valence-electron chi connectivity index (χ3n) is 2.57. The van der Waals surface area contributed by atoms with Gasteiger partial charge in [0.25, 0.3) is 0 Å². The average Bonchev–Trinajstić information content (AvgIpc) is 2.81. The van der Waals surface area contributed by atoms with Gasteiger partial charge in [0, 0.05) is 21.1 Å². The van der Waals surface area contributed by atoms with E-state index in [0.717, 1.165) is 5.56 Å². The van der Waals surface area contributed by atoms with Gasteiger partial charge in [-0.3, -0.25) is 4.79 Å². The van der Waals surface area contributed by atoms with Gasteiger partial charge in [0.15, 0.2) is 0 Å². The predicted octanol–water partition coefficient (Wildman–Crippen LogP) is 1.13. The van der Waals surface area contributed by atoms with Crippen molar-refractivity contribution in [1.82, 2.24) is 25.1 Å². The van der Waals surface area contributed by atoms with E-state index in [-0.39, 0.29) is 11.2 Å². The first-order valence-corrected chi connectivity index (χ1v) is 6.62. The molecule has 2 aromatic rings. The first-order valence-electron chi connectivity index (χ1n) is 5.74. The van der Waals surface area contributed by atoms with E-state index >= 15 is 0 Å². The highest BCUT2D eigenvalue weighted by atomic mass is 32.2. The molecule has 0 radical (unpaired) electrons. The first-order chi connectivity index (χ1) is 9.09. The second-order valence-corrected chi connectivity index (χ2v) is 5.30. The maximum Gasteiger partial charge on any atom is 0.240 e. The summed E-state index contributed by atoms with van der Waals surface area (Å²) in [5.41, 5.74) is 0.939. The Kier molecular flexibility index (Phi) is 4.16. The second kappa shape index (κ2) is 5.83. The fraction of sp³-hybridized carbons (Fsp3) is 0.333. The van der Waals surface area contributed by atoms with Crippen molar-refractivity contribution in [3.05, 3.63) is 35.9 Å². The second-order valence-electron chi connectivity index (χ2n) is 4.23. The Balaban J connectivity index is 2.30. The van der Waals surface area contributed by atoms with Crippen molar-refractivity contribution in [2.45, 2.75) is 10.4 Å². The van der Waals surface area contributed by atoms with Gasteiger partial charge >= 0.3 is 0 Å². The summed E-state index contributed by atoms with van der Waals surface area (Å²) in [5.74, 6) is 0.0131. The number of nitrogens with zero attached hydrogens (tertiary/aromatic N) is 5. The van der Waals surface area contributed by atoms with E-state index < -0.39 is 0 Å². The summed E-state index contributed by atoms with van der Waals surface area (Å²) in [6.45, 7) is 0. The number of hydrogen-bond acceptors (Lipinski definition) is 5. The summed E-state index contributed by atoms with van der Waals surface area (Å²) >= 11 is 1.35. The number of carbonyl (C=O) groups excluding carboxylic acids is 1. The number of hydrogen-bond donors (Lipinski definition) is 0. The SMILES string of the molecule is CN(C)C(=O)[C@@H](Sc1nnnn1C)c1ccccc1. The molecule has 19 heavy (non-hydrogen) atoms. The van der Waals surface area contributed by atoms with Crippen molar-refractivity contribution in [2.24, 2.45) is 7.05 Å². The summed E-state index contributed by atoms with van der Waals surface area (Å²) in [6.07, 6.45) is 0. The van der Waals surface area contributed by atoms with E-state index in [1.54, 1.807) is 30.7 Å². The van der Waals surface area contributed by atoms with Crippen LogP contribution in [0.3, 0.4) is 0 Å². The Labute approximate surface area is 115 Å². The highest BCUT2D eigenvalue weighted by Gasteiger charge is 2.25. The molecule has 0 spiro atoms. The minimum absolute atomic E-state index is 0.0131. The molecule has 7 heteroatoms. The first kappa shape index (κ1) is 13.5. The number of thioether (sulfide) groups is 1. The number of likely N-dealkylation sites (N-methyl/N-ethyl adjacent to an activating group) is 1. The van der Waals surface area contributed by atoms with Crippen LogP contribution in [0.15, 0.2) is 35.5 Å². The van der Waals surface area contributed by atoms with Crippen LogP contribution in [0.5, 0.6) is 0 Å². The fourth-order valence-electron chi connectivity index (χ4n) is 1.55. The molecule has 1 atom stereocenters. The Morgan fingerprint density at radius 2 is 2.00 bits per heavy atom. The highest BCUT2D eigenvalue weighted by Crippen LogP contribution is 2.34. The van der Waals surface area contributed by atoms with E-state index in [0.29, 0.717) is 5.16 Å². The van der Waals surface area contributed by atoms with Crippen molar-refractivity contribution in [2.75, 3.05) is 14.1 Å². The standard InChI is InChI=1S/C12H15N5OS/c1-16(2)11(18)10(9-7-5-4-6-8-9)19-12-13-14-15-17(12)3/h4-8,10H,1-3H3/t10-/m0/s1. The van der Waals surface area contributed by atoms with Crippen LogP contribution < -0.4 is 0 Å². The van der Waals surface area contributed by atoms with Crippen molar-refractivity contribution in [3.63, 3.8) is 0 Å². The van der Waals surface area contributed by atoms with Crippen LogP contribution in [0.2, 0.25) is 0 Å². The molecule has 0 saturated heterocycles. The Bertz CT molecular complexity index is 554. The molecule has 0 fully saturated rings. The van der Waals surface area contributed by atoms with Crippen LogP contribution in [0.4, 0.5) is 0 Å². The Hall–Kier alpha value is -1.89. The fourth-order valence-corrected chi connectivity index (χ4v) is 2.64. The van der Waals surface area contributed by atoms with Crippen LogP contribution in [-0.4, -0.2) is 45.1 Å². The lowest BCUT2D eigenvalue weighted by Gasteiger charge is -2.19. The van der Waals surface area contributed by atoms with Gasteiger partial charge < -0.3 is 4.90 Å². The topological polar surface area (TPSA) is 63.9 Å². The largest absolute Gasteiger partial charge is 0.348 e. The summed E-state index contributed by atoms with van der Waals surface area (Å²) < 4.78 is 1.56. The molecule has 6 nitrogen and oxygen atoms in total. The zero-order valence-corrected chi connectivity index (χ0v) is 11.8. The predicted molar refractivity (Wildman–Crippen MR) is 72.5 cm³/mol. The molecule has 1 aromatic carbocycles. The molecular formula is C12H15N5OS. The lowest BCUT2D eigenvalue weighted by molar-refractivity contribution is -0.128. The van der Waals surface area contributed by atoms with Crippen LogP contribution in [0.1, 0.15) is 10.8 Å². The van der Waals surface area contributed by atoms with Crippen LogP contribution in [0, 0.1) is 0 Å². The van der Waals surface area contributed by atoms with Crippen molar-refractivity contribution in [1.29, 1.82) is 0 Å². The molecule has 1 amide bonds. The number of tetrazole rings is 1. The molecule has 0 saturated carbocycles. The third-order valence-corrected chi connectivity index (χ3v) is 3.84. The number of rotatable bonds is 4. The maximum absolute atomic E-state index is 12.3. The van der Waals surface area contributed by atoms with Gasteiger partial charge in [-0.2, -0.15) is 0 Å². The van der Waals surface area contributed by atoms with Gasteiger partial charge in [0.1, 0.15) is 5.25 Å². The normalized spacial score (nSPS) is 12.2. The Morgan fingerprint density at radius 1 is 1.32 bits per heavy atom. The number of aromatic nitrogens is 4. The van der Waals surface area contributed by atoms with Crippen LogP contribution in [0.25, 0.3) is 0 Å². The molecule has 0 N–H and O–H groups in total. The number of carbonyl (C=O) groups is 1. The van der Waals surface area contributed by atoms with Crippen LogP contribution in [-0.2, 0) is 11.8 Å². The van der Waals surface area contributed by atoms with Gasteiger partial charge in [-0.1, -0.05) is 42.1 Å². The number of aryl methyl sites for hydroxylation is 1. The van der Waals surface area contributed by atoms with Crippen molar-refractivity contribution >= 4 is 17.7 Å². The van der Waals surface area contributed by atoms with Crippen LogP contribution >= 0.6 is 11.8 Å². The van der Waals surface area contributed by atoms with E-state index in [2.05, 4.69) is 15.5 Å². The summed E-state index contributed by atoms with van der Waals surface area (Å²) in [7, 11) is 5.24. The number of benzene rings is 1. The summed E-state index contributed by atoms with van der Waals surface area (Å²) in [4.78, 5) is 13.9. The zero-order chi connectivity index (χ0) is 13.8. The minimum Gasteiger partial charge on any atom is -0.348 e. The molecule has 0 unspecified atom stereocenters. The molecule has 0 aliphatic rings. The lowest BCUT2D eigenvalue weighted by atomic mass is 10.1. The van der Waals surface area contributed by atoms with E-state index in [1.807, 2.05) is 30.3 Å². The molecule has 1 aromatic heterocycles. The van der Waals surface area contributed by atoms with E-state index in [4.69, 9.17) is 0 Å². The van der Waals surface area contributed by atoms with Gasteiger partial charge in [0.2, 0.25) is 11.1 Å². The van der Waals surface area contributed by atoms with Gasteiger partial charge in [-0.15, -0.1) is 5.10 Å². The van der Waals surface area contributed by atoms with Gasteiger partial charge in [-0.05, 0) is 16.0 Å². The monoisotopic (exact) mass is 277 g/mol. The van der Waals surface area contributed by atoms with Crippen molar-refractivity contribution in [3.8, 4) is 0 Å². The quantitative estimate of drug-likeness (QED) is 0.784. The molecule has 0 bridgehead atoms. The molecule has 2 rings (SSSR count). The number of amides is 1. The van der Waals surface area contributed by atoms with Gasteiger partial charge in [-0.25, -0.2) is 4.68 Å². The molecule has 100 valence electrons. The maximum atomic E-state index is 12.3. The molecule has 0 aliphatic heterocycles. The summed E-state index contributed by atoms with van der Waals surface area (Å²) in [5, 5.41) is 11.6. The third kappa shape index (κ3) is 3.11. The highest BCUT2D eigenvalue weighted by molar-refractivity contribution is 8.00. The zero-order valence-electron chi connectivity index (χ0n) is 11.0. The smallest absolute Gasteiger partial charge is 0.240 e. The molecule has 1 heterocycles. The van der Waals surface area contributed by atoms with E-state index in [1.165, 1.54) is 11.8 Å². The molecule has 0 aliphatic carbocycles. The van der Waals surface area contributed by atoms with Gasteiger partial charge in [0.05, 0.1) is 0 Å². The summed E-state index contributed by atoms with van der Waals surface area (Å²) in [6, 6.07) is 9.63. The van der Waals surface area contributed by atoms with E-state index in [9.17, 15) is 4.79 Å². The lowest BCUT2D eigenvalue weighted by Crippen LogP contribution is -2.26. The van der Waals surface area contributed by atoms with Crippen molar-refractivity contribution < 1.29 is 4.79 Å². The molecular weight excluding hydrogens is 262 g/mol. The Morgan fingerprint density at radius 3 is 2.53 bits per heavy atom. The minimum atomic E-state index is -0.346. The average molecular weight is 277 g/mol.